The average Bonchev–Trinajstić information content (AvgIpc) is 2.81. The van der Waals surface area contributed by atoms with Crippen LogP contribution in [0.25, 0.3) is 0 Å². The third-order valence-corrected chi connectivity index (χ3v) is 2.54. The van der Waals surface area contributed by atoms with Crippen LogP contribution in [0.4, 0.5) is 0 Å². The smallest absolute Gasteiger partial charge is 0.188 e. The number of rotatable bonds is 5. The summed E-state index contributed by atoms with van der Waals surface area (Å²) in [5.41, 5.74) is 5.76. The second-order valence-electron chi connectivity index (χ2n) is 4.66. The van der Waals surface area contributed by atoms with Gasteiger partial charge in [0.2, 0.25) is 0 Å². The van der Waals surface area contributed by atoms with Gasteiger partial charge in [-0.25, -0.2) is 0 Å². The summed E-state index contributed by atoms with van der Waals surface area (Å²) in [5, 5.41) is 3.27. The third kappa shape index (κ3) is 3.99. The van der Waals surface area contributed by atoms with Gasteiger partial charge in [-0.05, 0) is 24.7 Å². The number of hydrogen-bond acceptors (Lipinski definition) is 1. The van der Waals surface area contributed by atoms with E-state index in [2.05, 4.69) is 31.1 Å². The summed E-state index contributed by atoms with van der Waals surface area (Å²) in [6, 6.07) is 0.603. The number of nitrogens with zero attached hydrogens (tertiary/aromatic N) is 1. The predicted molar refractivity (Wildman–Crippen MR) is 61.3 cm³/mol. The van der Waals surface area contributed by atoms with E-state index in [9.17, 15) is 0 Å². The molecule has 3 nitrogen and oxygen atoms in total. The number of aliphatic imine (C=N–C) groups is 1. The van der Waals surface area contributed by atoms with E-state index in [1.807, 2.05) is 0 Å². The van der Waals surface area contributed by atoms with E-state index >= 15 is 0 Å². The van der Waals surface area contributed by atoms with Crippen LogP contribution in [0.5, 0.6) is 0 Å². The van der Waals surface area contributed by atoms with Crippen molar-refractivity contribution in [3.05, 3.63) is 0 Å². The van der Waals surface area contributed by atoms with Crippen molar-refractivity contribution in [2.24, 2.45) is 22.6 Å². The number of nitrogens with one attached hydrogen (secondary N) is 1. The molecule has 0 spiro atoms. The van der Waals surface area contributed by atoms with Crippen LogP contribution in [0.3, 0.4) is 0 Å². The summed E-state index contributed by atoms with van der Waals surface area (Å²) in [6.07, 6.45) is 3.85. The molecule has 2 unspecified atom stereocenters. The van der Waals surface area contributed by atoms with E-state index in [1.54, 1.807) is 0 Å². The van der Waals surface area contributed by atoms with E-state index in [-0.39, 0.29) is 0 Å². The Labute approximate surface area is 87.2 Å². The monoisotopic (exact) mass is 197 g/mol. The summed E-state index contributed by atoms with van der Waals surface area (Å²) in [6.45, 7) is 7.34. The van der Waals surface area contributed by atoms with Gasteiger partial charge in [0.05, 0.1) is 0 Å². The zero-order chi connectivity index (χ0) is 10.6. The van der Waals surface area contributed by atoms with Crippen molar-refractivity contribution in [2.75, 3.05) is 6.54 Å². The molecule has 0 bridgehead atoms. The zero-order valence-electron chi connectivity index (χ0n) is 9.59. The highest BCUT2D eigenvalue weighted by Crippen LogP contribution is 2.34. The minimum absolute atomic E-state index is 0.584. The molecule has 3 N–H and O–H groups in total. The van der Waals surface area contributed by atoms with E-state index in [1.165, 1.54) is 19.3 Å². The predicted octanol–water partition coefficient (Wildman–Crippen LogP) is 1.74. The number of nitrogens with two attached hydrogens (primary N) is 1. The van der Waals surface area contributed by atoms with Crippen LogP contribution in [-0.4, -0.2) is 18.5 Å². The summed E-state index contributed by atoms with van der Waals surface area (Å²) < 4.78 is 0. The molecule has 0 aromatic carbocycles. The molecule has 82 valence electrons. The maximum absolute atomic E-state index is 5.76. The van der Waals surface area contributed by atoms with Crippen molar-refractivity contribution in [2.45, 2.75) is 46.1 Å². The van der Waals surface area contributed by atoms with Crippen LogP contribution >= 0.6 is 0 Å². The molecule has 0 amide bonds. The summed E-state index contributed by atoms with van der Waals surface area (Å²) in [7, 11) is 0. The van der Waals surface area contributed by atoms with Gasteiger partial charge < -0.3 is 11.1 Å². The first kappa shape index (κ1) is 11.3. The Morgan fingerprint density at radius 1 is 1.57 bits per heavy atom. The highest BCUT2D eigenvalue weighted by atomic mass is 15.1. The van der Waals surface area contributed by atoms with E-state index in [0.29, 0.717) is 17.9 Å². The molecular weight excluding hydrogens is 174 g/mol. The molecule has 0 aromatic rings. The van der Waals surface area contributed by atoms with Crippen LogP contribution < -0.4 is 11.1 Å². The molecule has 1 aliphatic rings. The molecular formula is C11H23N3. The van der Waals surface area contributed by atoms with Crippen LogP contribution in [0.1, 0.15) is 40.0 Å². The van der Waals surface area contributed by atoms with E-state index < -0.39 is 0 Å². The first-order chi connectivity index (χ1) is 6.63. The molecule has 0 heterocycles. The number of hydrogen-bond donors (Lipinski definition) is 2. The molecule has 0 aliphatic heterocycles. The summed E-state index contributed by atoms with van der Waals surface area (Å²) in [4.78, 5) is 4.28. The fourth-order valence-electron chi connectivity index (χ4n) is 1.63. The van der Waals surface area contributed by atoms with Crippen LogP contribution in [-0.2, 0) is 0 Å². The molecule has 1 fully saturated rings. The quantitative estimate of drug-likeness (QED) is 0.521. The fraction of sp³-hybridized carbons (Fsp3) is 0.909. The van der Waals surface area contributed by atoms with Gasteiger partial charge in [0.1, 0.15) is 0 Å². The van der Waals surface area contributed by atoms with Crippen LogP contribution in [0.15, 0.2) is 4.99 Å². The van der Waals surface area contributed by atoms with Gasteiger partial charge >= 0.3 is 0 Å². The third-order valence-electron chi connectivity index (χ3n) is 2.54. The summed E-state index contributed by atoms with van der Waals surface area (Å²) >= 11 is 0. The van der Waals surface area contributed by atoms with E-state index in [4.69, 9.17) is 5.73 Å². The second-order valence-corrected chi connectivity index (χ2v) is 4.66. The van der Waals surface area contributed by atoms with Gasteiger partial charge in [-0.3, -0.25) is 4.99 Å². The standard InChI is InChI=1S/C11H23N3/c1-4-5-9-6-10(9)14-11(12)13-7-8(2)3/h8-10H,4-7H2,1-3H3,(H3,12,13,14). The van der Waals surface area contributed by atoms with Crippen molar-refractivity contribution < 1.29 is 0 Å². The SMILES string of the molecule is CCCC1CC1NC(N)=NCC(C)C. The average molecular weight is 197 g/mol. The molecule has 0 saturated heterocycles. The van der Waals surface area contributed by atoms with Crippen molar-refractivity contribution in [3.63, 3.8) is 0 Å². The Morgan fingerprint density at radius 2 is 2.29 bits per heavy atom. The normalized spacial score (nSPS) is 26.7. The molecule has 0 radical (unpaired) electrons. The van der Waals surface area contributed by atoms with E-state index in [0.717, 1.165) is 12.5 Å². The lowest BCUT2D eigenvalue weighted by molar-refractivity contribution is 0.647. The van der Waals surface area contributed by atoms with Gasteiger partial charge in [-0.2, -0.15) is 0 Å². The first-order valence-electron chi connectivity index (χ1n) is 5.70. The molecule has 0 aromatic heterocycles. The Hall–Kier alpha value is -0.730. The van der Waals surface area contributed by atoms with Gasteiger partial charge in [-0.1, -0.05) is 27.2 Å². The van der Waals surface area contributed by atoms with Crippen molar-refractivity contribution in [3.8, 4) is 0 Å². The Balaban J connectivity index is 2.15. The summed E-state index contributed by atoms with van der Waals surface area (Å²) in [5.74, 6) is 2.05. The molecule has 1 rings (SSSR count). The zero-order valence-corrected chi connectivity index (χ0v) is 9.59. The lowest BCUT2D eigenvalue weighted by Crippen LogP contribution is -2.34. The minimum atomic E-state index is 0.584. The minimum Gasteiger partial charge on any atom is -0.370 e. The van der Waals surface area contributed by atoms with Gasteiger partial charge in [0, 0.05) is 12.6 Å². The maximum Gasteiger partial charge on any atom is 0.188 e. The van der Waals surface area contributed by atoms with Crippen LogP contribution in [0.2, 0.25) is 0 Å². The Kier molecular flexibility index (Phi) is 4.23. The number of guanidine groups is 1. The highest BCUT2D eigenvalue weighted by Gasteiger charge is 2.36. The Morgan fingerprint density at radius 3 is 2.86 bits per heavy atom. The van der Waals surface area contributed by atoms with Crippen molar-refractivity contribution >= 4 is 5.96 Å². The molecule has 3 heteroatoms. The highest BCUT2D eigenvalue weighted by molar-refractivity contribution is 5.78. The van der Waals surface area contributed by atoms with Gasteiger partial charge in [-0.15, -0.1) is 0 Å². The second kappa shape index (κ2) is 5.23. The van der Waals surface area contributed by atoms with Crippen LogP contribution in [0, 0.1) is 11.8 Å². The Bertz CT molecular complexity index is 199. The molecule has 14 heavy (non-hydrogen) atoms. The van der Waals surface area contributed by atoms with Gasteiger partial charge in [0.25, 0.3) is 0 Å². The topological polar surface area (TPSA) is 50.4 Å². The van der Waals surface area contributed by atoms with Crippen molar-refractivity contribution in [1.82, 2.24) is 5.32 Å². The molecule has 1 saturated carbocycles. The van der Waals surface area contributed by atoms with Gasteiger partial charge in [0.15, 0.2) is 5.96 Å². The lowest BCUT2D eigenvalue weighted by atomic mass is 10.2. The lowest BCUT2D eigenvalue weighted by Gasteiger charge is -2.05. The fourth-order valence-corrected chi connectivity index (χ4v) is 1.63. The first-order valence-corrected chi connectivity index (χ1v) is 5.70. The van der Waals surface area contributed by atoms with Crippen molar-refractivity contribution in [1.29, 1.82) is 0 Å². The molecule has 1 aliphatic carbocycles. The maximum atomic E-state index is 5.76. The molecule has 2 atom stereocenters. The largest absolute Gasteiger partial charge is 0.370 e.